The number of halogens is 1. The maximum Gasteiger partial charge on any atom is 0.254 e. The van der Waals surface area contributed by atoms with E-state index in [-0.39, 0.29) is 29.2 Å². The van der Waals surface area contributed by atoms with E-state index in [9.17, 15) is 9.59 Å². The molecule has 0 aliphatic heterocycles. The molecule has 1 heterocycles. The van der Waals surface area contributed by atoms with Gasteiger partial charge in [-0.05, 0) is 42.2 Å². The molecule has 2 aromatic carbocycles. The molecule has 186 valence electrons. The van der Waals surface area contributed by atoms with Gasteiger partial charge in [-0.25, -0.2) is 4.68 Å². The molecule has 0 radical (unpaired) electrons. The summed E-state index contributed by atoms with van der Waals surface area (Å²) in [5.41, 5.74) is 2.97. The van der Waals surface area contributed by atoms with Gasteiger partial charge in [-0.2, -0.15) is 5.10 Å². The third-order valence-electron chi connectivity index (χ3n) is 5.83. The van der Waals surface area contributed by atoms with Crippen LogP contribution in [0, 0.1) is 0 Å². The molecule has 0 aliphatic rings. The number of para-hydroxylation sites is 1. The number of rotatable bonds is 6. The summed E-state index contributed by atoms with van der Waals surface area (Å²) in [5, 5.41) is 8.17. The number of carbonyl (C=O) groups is 2. The van der Waals surface area contributed by atoms with Gasteiger partial charge in [0.25, 0.3) is 5.91 Å². The van der Waals surface area contributed by atoms with Crippen LogP contribution in [-0.2, 0) is 15.6 Å². The Balaban J connectivity index is 1.82. The van der Waals surface area contributed by atoms with Gasteiger partial charge >= 0.3 is 0 Å². The molecule has 0 saturated carbocycles. The van der Waals surface area contributed by atoms with E-state index in [0.29, 0.717) is 28.6 Å². The Morgan fingerprint density at radius 2 is 1.60 bits per heavy atom. The lowest BCUT2D eigenvalue weighted by Gasteiger charge is -2.22. The summed E-state index contributed by atoms with van der Waals surface area (Å²) >= 11 is 6.42. The highest BCUT2D eigenvalue weighted by molar-refractivity contribution is 6.32. The van der Waals surface area contributed by atoms with E-state index in [1.54, 1.807) is 10.7 Å². The van der Waals surface area contributed by atoms with Crippen LogP contribution in [-0.4, -0.2) is 39.6 Å². The van der Waals surface area contributed by atoms with E-state index < -0.39 is 0 Å². The topological polar surface area (TPSA) is 67.2 Å². The van der Waals surface area contributed by atoms with E-state index in [4.69, 9.17) is 16.7 Å². The molecule has 0 bridgehead atoms. The first-order valence-corrected chi connectivity index (χ1v) is 12.2. The van der Waals surface area contributed by atoms with Crippen LogP contribution in [0.1, 0.15) is 70.1 Å². The third kappa shape index (κ3) is 6.31. The Labute approximate surface area is 213 Å². The van der Waals surface area contributed by atoms with Crippen molar-refractivity contribution in [1.82, 2.24) is 14.7 Å². The Morgan fingerprint density at radius 3 is 2.14 bits per heavy atom. The van der Waals surface area contributed by atoms with Crippen LogP contribution in [0.25, 0.3) is 5.69 Å². The van der Waals surface area contributed by atoms with Crippen molar-refractivity contribution in [3.05, 3.63) is 76.4 Å². The second kappa shape index (κ2) is 10.2. The maximum atomic E-state index is 13.1. The van der Waals surface area contributed by atoms with Gasteiger partial charge in [0.15, 0.2) is 0 Å². The van der Waals surface area contributed by atoms with Gasteiger partial charge in [0.2, 0.25) is 5.91 Å². The monoisotopic (exact) mass is 494 g/mol. The highest BCUT2D eigenvalue weighted by Gasteiger charge is 2.24. The third-order valence-corrected chi connectivity index (χ3v) is 6.15. The predicted molar refractivity (Wildman–Crippen MR) is 143 cm³/mol. The number of nitrogens with one attached hydrogen (secondary N) is 1. The molecule has 0 spiro atoms. The Kier molecular flexibility index (Phi) is 7.75. The van der Waals surface area contributed by atoms with Crippen molar-refractivity contribution in [1.29, 1.82) is 0 Å². The molecule has 1 N–H and O–H groups in total. The van der Waals surface area contributed by atoms with E-state index in [1.165, 1.54) is 4.90 Å². The molecule has 0 fully saturated rings. The summed E-state index contributed by atoms with van der Waals surface area (Å²) in [4.78, 5) is 27.7. The van der Waals surface area contributed by atoms with Gasteiger partial charge in [-0.15, -0.1) is 0 Å². The van der Waals surface area contributed by atoms with Gasteiger partial charge in [-0.1, -0.05) is 77.4 Å². The van der Waals surface area contributed by atoms with Crippen LogP contribution in [0.3, 0.4) is 0 Å². The quantitative estimate of drug-likeness (QED) is 0.442. The van der Waals surface area contributed by atoms with Crippen LogP contribution < -0.4 is 5.32 Å². The van der Waals surface area contributed by atoms with Gasteiger partial charge in [0.05, 0.1) is 16.4 Å². The molecule has 6 nitrogen and oxygen atoms in total. The van der Waals surface area contributed by atoms with Crippen LogP contribution in [0.5, 0.6) is 0 Å². The van der Waals surface area contributed by atoms with E-state index in [1.807, 2.05) is 55.5 Å². The molecule has 3 rings (SSSR count). The summed E-state index contributed by atoms with van der Waals surface area (Å²) < 4.78 is 1.64. The number of amides is 2. The molecule has 2 amide bonds. The fourth-order valence-corrected chi connectivity index (χ4v) is 3.84. The van der Waals surface area contributed by atoms with Crippen molar-refractivity contribution in [3.63, 3.8) is 0 Å². The lowest BCUT2D eigenvalue weighted by atomic mass is 9.86. The number of hydrogen-bond acceptors (Lipinski definition) is 3. The first-order chi connectivity index (χ1) is 16.3. The fraction of sp³-hybridized carbons (Fsp3) is 0.393. The molecule has 1 aromatic heterocycles. The summed E-state index contributed by atoms with van der Waals surface area (Å²) in [6.07, 6.45) is 0. The Bertz CT molecular complexity index is 1200. The van der Waals surface area contributed by atoms with E-state index in [0.717, 1.165) is 11.3 Å². The average molecular weight is 495 g/mol. The lowest BCUT2D eigenvalue weighted by Crippen LogP contribution is -2.38. The number of aromatic nitrogens is 2. The van der Waals surface area contributed by atoms with Crippen molar-refractivity contribution in [2.75, 3.05) is 18.4 Å². The maximum absolute atomic E-state index is 13.1. The zero-order chi connectivity index (χ0) is 26.0. The van der Waals surface area contributed by atoms with Crippen molar-refractivity contribution in [2.45, 2.75) is 59.3 Å². The SMILES string of the molecule is CCN(CC(=O)Nc1cc(C(C)(C)C)nn1-c1ccccc1Cl)C(=O)c1ccc(C(C)(C)C)cc1. The number of hydrogen-bond donors (Lipinski definition) is 1. The molecule has 35 heavy (non-hydrogen) atoms. The van der Waals surface area contributed by atoms with Crippen LogP contribution in [0.4, 0.5) is 5.82 Å². The zero-order valence-electron chi connectivity index (χ0n) is 21.6. The van der Waals surface area contributed by atoms with Crippen LogP contribution >= 0.6 is 11.6 Å². The van der Waals surface area contributed by atoms with Crippen LogP contribution in [0.15, 0.2) is 54.6 Å². The highest BCUT2D eigenvalue weighted by Crippen LogP contribution is 2.29. The van der Waals surface area contributed by atoms with Gasteiger partial charge in [0, 0.05) is 23.6 Å². The minimum atomic E-state index is -0.305. The average Bonchev–Trinajstić information content (AvgIpc) is 3.20. The van der Waals surface area contributed by atoms with Crippen molar-refractivity contribution in [3.8, 4) is 5.69 Å². The van der Waals surface area contributed by atoms with Gasteiger partial charge in [-0.3, -0.25) is 9.59 Å². The number of benzene rings is 2. The summed E-state index contributed by atoms with van der Waals surface area (Å²) in [7, 11) is 0. The normalized spacial score (nSPS) is 11.9. The number of anilines is 1. The Hall–Kier alpha value is -3.12. The van der Waals surface area contributed by atoms with Crippen LogP contribution in [0.2, 0.25) is 5.02 Å². The number of carbonyl (C=O) groups excluding carboxylic acids is 2. The first kappa shape index (κ1) is 26.5. The highest BCUT2D eigenvalue weighted by atomic mass is 35.5. The molecule has 0 saturated heterocycles. The summed E-state index contributed by atoms with van der Waals surface area (Å²) in [6.45, 7) is 14.8. The largest absolute Gasteiger partial charge is 0.330 e. The molecular weight excluding hydrogens is 460 g/mol. The molecule has 0 unspecified atom stereocenters. The molecular formula is C28H35ClN4O2. The number of likely N-dealkylation sites (N-methyl/N-ethyl adjacent to an activating group) is 1. The molecule has 0 aliphatic carbocycles. The second-order valence-corrected chi connectivity index (χ2v) is 11.1. The van der Waals surface area contributed by atoms with Crippen molar-refractivity contribution in [2.24, 2.45) is 0 Å². The minimum Gasteiger partial charge on any atom is -0.330 e. The zero-order valence-corrected chi connectivity index (χ0v) is 22.4. The number of nitrogens with zero attached hydrogens (tertiary/aromatic N) is 3. The van der Waals surface area contributed by atoms with Crippen molar-refractivity contribution >= 4 is 29.2 Å². The lowest BCUT2D eigenvalue weighted by molar-refractivity contribution is -0.116. The summed E-state index contributed by atoms with van der Waals surface area (Å²) in [6, 6.07) is 16.8. The van der Waals surface area contributed by atoms with Gasteiger partial charge in [0.1, 0.15) is 12.4 Å². The fourth-order valence-electron chi connectivity index (χ4n) is 3.62. The minimum absolute atomic E-state index is 0.00240. The van der Waals surface area contributed by atoms with E-state index >= 15 is 0 Å². The molecule has 3 aromatic rings. The Morgan fingerprint density at radius 1 is 0.971 bits per heavy atom. The van der Waals surface area contributed by atoms with Gasteiger partial charge < -0.3 is 10.2 Å². The smallest absolute Gasteiger partial charge is 0.254 e. The standard InChI is InChI=1S/C28H35ClN4O2/c1-8-32(26(35)19-13-15-20(16-14-19)27(2,3)4)18-25(34)30-24-17-23(28(5,6)7)31-33(24)22-12-10-9-11-21(22)29/h9-17H,8,18H2,1-7H3,(H,30,34). The molecule has 7 heteroatoms. The second-order valence-electron chi connectivity index (χ2n) is 10.7. The molecule has 0 atom stereocenters. The van der Waals surface area contributed by atoms with Crippen molar-refractivity contribution < 1.29 is 9.59 Å². The van der Waals surface area contributed by atoms with E-state index in [2.05, 4.69) is 46.9 Å². The first-order valence-electron chi connectivity index (χ1n) is 11.9. The predicted octanol–water partition coefficient (Wildman–Crippen LogP) is 6.22. The summed E-state index contributed by atoms with van der Waals surface area (Å²) in [5.74, 6) is 0.0179.